The van der Waals surface area contributed by atoms with Crippen LogP contribution < -0.4 is 9.54 Å². The zero-order chi connectivity index (χ0) is 26.0. The highest BCUT2D eigenvalue weighted by Crippen LogP contribution is 2.27. The summed E-state index contributed by atoms with van der Waals surface area (Å²) in [5, 5.41) is 0.439. The Labute approximate surface area is 216 Å². The standard InChI is InChI=1S/C26H36ClN3O4S/c1-25(2,3)21-16-29(15-18-10-8-9-13-30(18)24(32)34-26(4,5)6)23(35-21)28-22(31)19-14-17(27)11-12-20(19)33-7/h11-12,14,16,18H,8-10,13,15H2,1-7H3/b28-23-/t18-/m0/s1. The molecule has 0 saturated carbocycles. The number of rotatable bonds is 4. The SMILES string of the molecule is COc1ccc(Cl)cc1C(=O)/N=c1\sc(C(C)(C)C)cn1C[C@@H]1CCCCN1C(=O)OC(C)(C)C. The molecule has 0 bridgehead atoms. The van der Waals surface area contributed by atoms with E-state index >= 15 is 0 Å². The first-order chi connectivity index (χ1) is 16.3. The van der Waals surface area contributed by atoms with E-state index in [0.717, 1.165) is 24.1 Å². The normalized spacial score (nSPS) is 17.4. The third kappa shape index (κ3) is 7.10. The van der Waals surface area contributed by atoms with Crippen LogP contribution in [0.2, 0.25) is 5.02 Å². The minimum atomic E-state index is -0.559. The molecule has 1 aromatic heterocycles. The van der Waals surface area contributed by atoms with Gasteiger partial charge in [0.05, 0.1) is 18.7 Å². The summed E-state index contributed by atoms with van der Waals surface area (Å²) in [6, 6.07) is 4.86. The van der Waals surface area contributed by atoms with Crippen molar-refractivity contribution in [1.82, 2.24) is 9.47 Å². The first kappa shape index (κ1) is 27.3. The summed E-state index contributed by atoms with van der Waals surface area (Å²) >= 11 is 7.62. The number of nitrogens with zero attached hydrogens (tertiary/aromatic N) is 3. The van der Waals surface area contributed by atoms with Crippen molar-refractivity contribution in [1.29, 1.82) is 0 Å². The number of ether oxygens (including phenoxy) is 2. The smallest absolute Gasteiger partial charge is 0.410 e. The lowest BCUT2D eigenvalue weighted by Gasteiger charge is -2.37. The lowest BCUT2D eigenvalue weighted by atomic mass is 9.95. The van der Waals surface area contributed by atoms with E-state index < -0.39 is 11.5 Å². The van der Waals surface area contributed by atoms with Crippen molar-refractivity contribution in [2.24, 2.45) is 4.99 Å². The summed E-state index contributed by atoms with van der Waals surface area (Å²) in [5.41, 5.74) is -0.365. The van der Waals surface area contributed by atoms with Crippen LogP contribution in [-0.4, -0.2) is 46.8 Å². The van der Waals surface area contributed by atoms with Crippen molar-refractivity contribution in [3.05, 3.63) is 44.7 Å². The van der Waals surface area contributed by atoms with Gasteiger partial charge in [0.25, 0.3) is 5.91 Å². The van der Waals surface area contributed by atoms with Crippen molar-refractivity contribution in [3.8, 4) is 5.75 Å². The molecule has 35 heavy (non-hydrogen) atoms. The molecule has 0 unspecified atom stereocenters. The van der Waals surface area contributed by atoms with Crippen molar-refractivity contribution in [2.75, 3.05) is 13.7 Å². The molecule has 1 atom stereocenters. The first-order valence-electron chi connectivity index (χ1n) is 11.9. The quantitative estimate of drug-likeness (QED) is 0.491. The number of carbonyl (C=O) groups is 2. The summed E-state index contributed by atoms with van der Waals surface area (Å²) in [6.07, 6.45) is 4.59. The number of likely N-dealkylation sites (tertiary alicyclic amines) is 1. The number of halogens is 1. The van der Waals surface area contributed by atoms with Crippen LogP contribution in [-0.2, 0) is 16.7 Å². The number of methoxy groups -OCH3 is 1. The van der Waals surface area contributed by atoms with Crippen LogP contribution in [0.4, 0.5) is 4.79 Å². The third-order valence-corrected chi connectivity index (χ3v) is 7.39. The van der Waals surface area contributed by atoms with Gasteiger partial charge in [0.15, 0.2) is 4.80 Å². The van der Waals surface area contributed by atoms with Crippen molar-refractivity contribution >= 4 is 34.9 Å². The van der Waals surface area contributed by atoms with Crippen molar-refractivity contribution < 1.29 is 19.1 Å². The van der Waals surface area contributed by atoms with Gasteiger partial charge in [0, 0.05) is 29.2 Å². The highest BCUT2D eigenvalue weighted by atomic mass is 35.5. The minimum Gasteiger partial charge on any atom is -0.496 e. The van der Waals surface area contributed by atoms with Gasteiger partial charge < -0.3 is 18.9 Å². The van der Waals surface area contributed by atoms with Crippen molar-refractivity contribution in [2.45, 2.75) is 84.4 Å². The molecule has 0 aliphatic carbocycles. The predicted molar refractivity (Wildman–Crippen MR) is 139 cm³/mol. The summed E-state index contributed by atoms with van der Waals surface area (Å²) < 4.78 is 13.0. The maximum Gasteiger partial charge on any atom is 0.410 e. The highest BCUT2D eigenvalue weighted by molar-refractivity contribution is 7.09. The lowest BCUT2D eigenvalue weighted by molar-refractivity contribution is 0.00768. The van der Waals surface area contributed by atoms with Gasteiger partial charge in [-0.1, -0.05) is 32.4 Å². The van der Waals surface area contributed by atoms with Gasteiger partial charge in [-0.15, -0.1) is 11.3 Å². The lowest BCUT2D eigenvalue weighted by Crippen LogP contribution is -2.48. The van der Waals surface area contributed by atoms with Gasteiger partial charge >= 0.3 is 6.09 Å². The van der Waals surface area contributed by atoms with Gasteiger partial charge in [-0.05, 0) is 63.6 Å². The molecule has 3 rings (SSSR count). The number of hydrogen-bond acceptors (Lipinski definition) is 5. The van der Waals surface area contributed by atoms with Gasteiger partial charge in [-0.3, -0.25) is 4.79 Å². The van der Waals surface area contributed by atoms with Crippen LogP contribution in [0.15, 0.2) is 29.4 Å². The van der Waals surface area contributed by atoms with E-state index in [1.807, 2.05) is 36.4 Å². The van der Waals surface area contributed by atoms with Crippen molar-refractivity contribution in [3.63, 3.8) is 0 Å². The molecule has 192 valence electrons. The van der Waals surface area contributed by atoms with Crippen LogP contribution in [0.1, 0.15) is 76.0 Å². The zero-order valence-electron chi connectivity index (χ0n) is 21.7. The second-order valence-electron chi connectivity index (χ2n) is 10.9. The number of thiazole rings is 1. The van der Waals surface area contributed by atoms with E-state index in [-0.39, 0.29) is 17.6 Å². The van der Waals surface area contributed by atoms with E-state index in [2.05, 4.69) is 25.8 Å². The Bertz CT molecular complexity index is 1140. The minimum absolute atomic E-state index is 0.0456. The van der Waals surface area contributed by atoms with E-state index in [1.54, 1.807) is 18.2 Å². The van der Waals surface area contributed by atoms with Crippen LogP contribution in [0.25, 0.3) is 0 Å². The third-order valence-electron chi connectivity index (χ3n) is 5.71. The van der Waals surface area contributed by atoms with Gasteiger partial charge in [-0.2, -0.15) is 4.99 Å². The molecule has 2 amide bonds. The summed E-state index contributed by atoms with van der Waals surface area (Å²) in [7, 11) is 1.51. The highest BCUT2D eigenvalue weighted by Gasteiger charge is 2.31. The molecule has 1 aromatic carbocycles. The molecular formula is C26H36ClN3O4S. The summed E-state index contributed by atoms with van der Waals surface area (Å²) in [6.45, 7) is 13.2. The van der Waals surface area contributed by atoms with E-state index in [4.69, 9.17) is 21.1 Å². The monoisotopic (exact) mass is 521 g/mol. The van der Waals surface area contributed by atoms with E-state index in [9.17, 15) is 9.59 Å². The van der Waals surface area contributed by atoms with Gasteiger partial charge in [0.1, 0.15) is 11.4 Å². The molecular weight excluding hydrogens is 486 g/mol. The Morgan fingerprint density at radius 1 is 1.17 bits per heavy atom. The fraction of sp³-hybridized carbons (Fsp3) is 0.577. The molecule has 2 heterocycles. The van der Waals surface area contributed by atoms with Crippen LogP contribution in [0, 0.1) is 0 Å². The Hall–Kier alpha value is -2.32. The van der Waals surface area contributed by atoms with E-state index in [1.165, 1.54) is 18.4 Å². The fourth-order valence-corrected chi connectivity index (χ4v) is 5.15. The average molecular weight is 522 g/mol. The van der Waals surface area contributed by atoms with Gasteiger partial charge in [0.2, 0.25) is 0 Å². The summed E-state index contributed by atoms with van der Waals surface area (Å²) in [5.74, 6) is -0.00117. The van der Waals surface area contributed by atoms with Crippen LogP contribution >= 0.6 is 22.9 Å². The molecule has 1 aliphatic rings. The fourth-order valence-electron chi connectivity index (χ4n) is 3.92. The number of amides is 2. The van der Waals surface area contributed by atoms with Gasteiger partial charge in [-0.25, -0.2) is 4.79 Å². The number of benzene rings is 1. The maximum atomic E-state index is 13.2. The average Bonchev–Trinajstić information content (AvgIpc) is 3.15. The topological polar surface area (TPSA) is 73.1 Å². The zero-order valence-corrected chi connectivity index (χ0v) is 23.3. The molecule has 1 aliphatic heterocycles. The van der Waals surface area contributed by atoms with Crippen LogP contribution in [0.3, 0.4) is 0 Å². The number of piperidine rings is 1. The Kier molecular flexibility index (Phi) is 8.37. The number of carbonyl (C=O) groups excluding carboxylic acids is 2. The largest absolute Gasteiger partial charge is 0.496 e. The Morgan fingerprint density at radius 3 is 2.51 bits per heavy atom. The second kappa shape index (κ2) is 10.7. The first-order valence-corrected chi connectivity index (χ1v) is 13.1. The molecule has 1 saturated heterocycles. The Morgan fingerprint density at radius 2 is 1.89 bits per heavy atom. The van der Waals surface area contributed by atoms with E-state index in [0.29, 0.717) is 34.2 Å². The van der Waals surface area contributed by atoms with Crippen LogP contribution in [0.5, 0.6) is 5.75 Å². The second-order valence-corrected chi connectivity index (χ2v) is 12.3. The Balaban J connectivity index is 1.99. The summed E-state index contributed by atoms with van der Waals surface area (Å²) in [4.78, 5) is 34.1. The predicted octanol–water partition coefficient (Wildman–Crippen LogP) is 6.04. The molecule has 1 fully saturated rings. The molecule has 2 aromatic rings. The molecule has 0 N–H and O–H groups in total. The molecule has 0 spiro atoms. The molecule has 0 radical (unpaired) electrons. The molecule has 9 heteroatoms. The number of aromatic nitrogens is 1. The molecule has 7 nitrogen and oxygen atoms in total. The maximum absolute atomic E-state index is 13.2. The number of hydrogen-bond donors (Lipinski definition) is 0.